The normalized spacial score (nSPS) is 41.3. The fourth-order valence-electron chi connectivity index (χ4n) is 3.15. The lowest BCUT2D eigenvalue weighted by molar-refractivity contribution is 0.163. The second-order valence-electron chi connectivity index (χ2n) is 5.10. The number of fused-ring (bicyclic) bond motifs is 1. The first-order chi connectivity index (χ1) is 7.44. The van der Waals surface area contributed by atoms with E-state index in [1.54, 1.807) is 0 Å². The third-order valence-electron chi connectivity index (χ3n) is 3.50. The average Bonchev–Trinajstić information content (AvgIpc) is 2.73. The Balaban J connectivity index is 2.28. The van der Waals surface area contributed by atoms with Crippen molar-refractivity contribution in [3.8, 4) is 0 Å². The minimum Gasteiger partial charge on any atom is -0.297 e. The first-order valence-corrected chi connectivity index (χ1v) is 5.75. The molecule has 14 heavy (non-hydrogen) atoms. The van der Waals surface area contributed by atoms with Crippen molar-refractivity contribution in [1.29, 1.82) is 0 Å². The standard InChI is InChI=1S/C12H22FN/c1-10(2)6-12-4-3-5-14(12)9-11(7-12)8-13/h10-11H,3-9H2,1-2H3/t11-,12-/m1/s1/i6D2. The molecule has 2 heterocycles. The maximum absolute atomic E-state index is 12.8. The molecule has 0 amide bonds. The van der Waals surface area contributed by atoms with Crippen LogP contribution < -0.4 is 0 Å². The van der Waals surface area contributed by atoms with E-state index in [9.17, 15) is 4.39 Å². The maximum Gasteiger partial charge on any atom is 0.0935 e. The number of hydrogen-bond acceptors (Lipinski definition) is 1. The molecular weight excluding hydrogens is 177 g/mol. The number of alkyl halides is 1. The lowest BCUT2D eigenvalue weighted by atomic mass is 9.83. The molecule has 0 bridgehead atoms. The Morgan fingerprint density at radius 3 is 3.07 bits per heavy atom. The molecule has 0 aliphatic carbocycles. The van der Waals surface area contributed by atoms with Gasteiger partial charge in [-0.2, -0.15) is 0 Å². The van der Waals surface area contributed by atoms with Crippen molar-refractivity contribution in [2.24, 2.45) is 11.8 Å². The van der Waals surface area contributed by atoms with E-state index in [-0.39, 0.29) is 24.0 Å². The highest BCUT2D eigenvalue weighted by Crippen LogP contribution is 2.45. The van der Waals surface area contributed by atoms with Gasteiger partial charge in [-0.1, -0.05) is 13.8 Å². The van der Waals surface area contributed by atoms with Crippen LogP contribution in [0.3, 0.4) is 0 Å². The van der Waals surface area contributed by atoms with Gasteiger partial charge in [0.2, 0.25) is 0 Å². The quantitative estimate of drug-likeness (QED) is 0.678. The Morgan fingerprint density at radius 2 is 2.43 bits per heavy atom. The van der Waals surface area contributed by atoms with E-state index in [2.05, 4.69) is 4.90 Å². The molecule has 0 aromatic rings. The summed E-state index contributed by atoms with van der Waals surface area (Å²) in [6, 6.07) is 0. The lowest BCUT2D eigenvalue weighted by Gasteiger charge is -2.33. The van der Waals surface area contributed by atoms with E-state index < -0.39 is 6.37 Å². The maximum atomic E-state index is 12.8. The van der Waals surface area contributed by atoms with Gasteiger partial charge in [0.15, 0.2) is 0 Å². The SMILES string of the molecule is [2H]C([2H])(C(C)C)[C@@]12CCCN1C[C@@H](CF)C2. The number of halogens is 1. The summed E-state index contributed by atoms with van der Waals surface area (Å²) in [5, 5.41) is 0. The van der Waals surface area contributed by atoms with Crippen LogP contribution in [0.5, 0.6) is 0 Å². The zero-order chi connectivity index (χ0) is 12.0. The van der Waals surface area contributed by atoms with Gasteiger partial charge in [-0.3, -0.25) is 9.29 Å². The Hall–Kier alpha value is -0.110. The van der Waals surface area contributed by atoms with E-state index in [4.69, 9.17) is 2.74 Å². The zero-order valence-electron chi connectivity index (χ0n) is 11.2. The summed E-state index contributed by atoms with van der Waals surface area (Å²) in [6.07, 6.45) is 1.46. The van der Waals surface area contributed by atoms with Crippen molar-refractivity contribution in [2.45, 2.75) is 45.0 Å². The van der Waals surface area contributed by atoms with Crippen LogP contribution in [-0.4, -0.2) is 30.2 Å². The van der Waals surface area contributed by atoms with Crippen molar-refractivity contribution in [1.82, 2.24) is 4.90 Å². The highest BCUT2D eigenvalue weighted by atomic mass is 19.1. The summed E-state index contributed by atoms with van der Waals surface area (Å²) >= 11 is 0. The third kappa shape index (κ3) is 1.69. The monoisotopic (exact) mass is 201 g/mol. The van der Waals surface area contributed by atoms with Crippen LogP contribution in [-0.2, 0) is 0 Å². The number of rotatable bonds is 3. The van der Waals surface area contributed by atoms with Gasteiger partial charge in [-0.05, 0) is 38.1 Å². The summed E-state index contributed by atoms with van der Waals surface area (Å²) in [7, 11) is 0. The molecule has 0 N–H and O–H groups in total. The molecule has 2 saturated heterocycles. The molecule has 0 unspecified atom stereocenters. The Morgan fingerprint density at radius 1 is 1.64 bits per heavy atom. The summed E-state index contributed by atoms with van der Waals surface area (Å²) in [6.45, 7) is 5.28. The van der Waals surface area contributed by atoms with Crippen molar-refractivity contribution in [3.05, 3.63) is 0 Å². The van der Waals surface area contributed by atoms with Crippen molar-refractivity contribution in [3.63, 3.8) is 0 Å². The first kappa shape index (κ1) is 8.09. The van der Waals surface area contributed by atoms with Crippen LogP contribution in [0.1, 0.15) is 42.2 Å². The summed E-state index contributed by atoms with van der Waals surface area (Å²) in [4.78, 5) is 2.22. The predicted octanol–water partition coefficient (Wildman–Crippen LogP) is 2.86. The average molecular weight is 201 g/mol. The third-order valence-corrected chi connectivity index (χ3v) is 3.50. The molecule has 2 aliphatic rings. The van der Waals surface area contributed by atoms with Crippen LogP contribution in [0.25, 0.3) is 0 Å². The second-order valence-corrected chi connectivity index (χ2v) is 5.10. The van der Waals surface area contributed by atoms with E-state index >= 15 is 0 Å². The van der Waals surface area contributed by atoms with Crippen molar-refractivity contribution in [2.75, 3.05) is 19.8 Å². The molecule has 2 heteroatoms. The van der Waals surface area contributed by atoms with Gasteiger partial charge >= 0.3 is 0 Å². The van der Waals surface area contributed by atoms with Crippen molar-refractivity contribution < 1.29 is 7.13 Å². The number of nitrogens with zero attached hydrogens (tertiary/aromatic N) is 1. The van der Waals surface area contributed by atoms with Crippen LogP contribution in [0, 0.1) is 11.8 Å². The summed E-state index contributed by atoms with van der Waals surface area (Å²) in [5.74, 6) is 0.0422. The molecule has 2 rings (SSSR count). The Bertz CT molecular complexity index is 270. The topological polar surface area (TPSA) is 3.24 Å². The van der Waals surface area contributed by atoms with Gasteiger partial charge < -0.3 is 0 Å². The molecule has 0 saturated carbocycles. The van der Waals surface area contributed by atoms with Gasteiger partial charge in [-0.15, -0.1) is 0 Å². The largest absolute Gasteiger partial charge is 0.297 e. The first-order valence-electron chi connectivity index (χ1n) is 6.75. The molecule has 2 fully saturated rings. The highest BCUT2D eigenvalue weighted by Gasteiger charge is 2.47. The summed E-state index contributed by atoms with van der Waals surface area (Å²) < 4.78 is 29.5. The minimum atomic E-state index is -1.20. The fourth-order valence-corrected chi connectivity index (χ4v) is 3.15. The Labute approximate surface area is 89.5 Å². The summed E-state index contributed by atoms with van der Waals surface area (Å²) in [5.41, 5.74) is -0.377. The molecule has 0 spiro atoms. The smallest absolute Gasteiger partial charge is 0.0935 e. The second kappa shape index (κ2) is 3.80. The van der Waals surface area contributed by atoms with Crippen LogP contribution >= 0.6 is 0 Å². The highest BCUT2D eigenvalue weighted by molar-refractivity contribution is 5.03. The molecule has 0 aromatic heterocycles. The van der Waals surface area contributed by atoms with Gasteiger partial charge in [0.1, 0.15) is 0 Å². The fraction of sp³-hybridized carbons (Fsp3) is 1.00. The Kier molecular flexibility index (Phi) is 2.20. The van der Waals surface area contributed by atoms with Crippen LogP contribution in [0.2, 0.25) is 0 Å². The number of hydrogen-bond donors (Lipinski definition) is 0. The van der Waals surface area contributed by atoms with Crippen molar-refractivity contribution >= 4 is 0 Å². The molecule has 0 aromatic carbocycles. The lowest BCUT2D eigenvalue weighted by Crippen LogP contribution is -2.39. The molecule has 2 aliphatic heterocycles. The predicted molar refractivity (Wildman–Crippen MR) is 57.1 cm³/mol. The van der Waals surface area contributed by atoms with E-state index in [0.717, 1.165) is 25.9 Å². The van der Waals surface area contributed by atoms with E-state index in [1.807, 2.05) is 13.8 Å². The van der Waals surface area contributed by atoms with Crippen LogP contribution in [0.4, 0.5) is 4.39 Å². The molecule has 1 nitrogen and oxygen atoms in total. The van der Waals surface area contributed by atoms with Gasteiger partial charge in [0, 0.05) is 20.7 Å². The van der Waals surface area contributed by atoms with Gasteiger partial charge in [0.25, 0.3) is 0 Å². The molecule has 0 radical (unpaired) electrons. The van der Waals surface area contributed by atoms with E-state index in [1.165, 1.54) is 0 Å². The van der Waals surface area contributed by atoms with Gasteiger partial charge in [-0.25, -0.2) is 0 Å². The molecule has 82 valence electrons. The van der Waals surface area contributed by atoms with Crippen LogP contribution in [0.15, 0.2) is 0 Å². The minimum absolute atomic E-state index is 0.00791. The molecule has 2 atom stereocenters. The van der Waals surface area contributed by atoms with E-state index in [0.29, 0.717) is 6.42 Å². The molecular formula is C12H22FN. The van der Waals surface area contributed by atoms with Gasteiger partial charge in [0.05, 0.1) is 6.67 Å². The zero-order valence-corrected chi connectivity index (χ0v) is 9.22.